The Labute approximate surface area is 175 Å². The van der Waals surface area contributed by atoms with E-state index in [0.29, 0.717) is 41.7 Å². The van der Waals surface area contributed by atoms with Crippen molar-refractivity contribution in [1.29, 1.82) is 0 Å². The van der Waals surface area contributed by atoms with Crippen LogP contribution in [0.4, 0.5) is 14.7 Å². The first kappa shape index (κ1) is 19.2. The zero-order valence-electron chi connectivity index (χ0n) is 16.5. The van der Waals surface area contributed by atoms with Gasteiger partial charge in [-0.3, -0.25) is 9.88 Å². The number of imidazole rings is 1. The molecule has 0 saturated carbocycles. The van der Waals surface area contributed by atoms with Gasteiger partial charge in [-0.2, -0.15) is 8.78 Å². The lowest BCUT2D eigenvalue weighted by Crippen LogP contribution is -2.31. The minimum atomic E-state index is -2.96. The predicted molar refractivity (Wildman–Crippen MR) is 108 cm³/mol. The van der Waals surface area contributed by atoms with E-state index in [1.165, 1.54) is 13.2 Å². The molecule has 2 aromatic carbocycles. The number of aliphatic imine (C=N–C) groups is 1. The summed E-state index contributed by atoms with van der Waals surface area (Å²) in [6.07, 6.45) is 0.176. The number of aromatic nitrogens is 2. The van der Waals surface area contributed by atoms with Crippen LogP contribution in [-0.2, 0) is 0 Å². The SMILES string of the molecule is COc1cc(C2N=C(N)Nc3nc4cc5c(cc4n32)OCCCO5)ccc1OC(F)F. The highest BCUT2D eigenvalue weighted by atomic mass is 19.3. The van der Waals surface area contributed by atoms with Gasteiger partial charge in [0.05, 0.1) is 31.4 Å². The molecule has 11 heteroatoms. The third-order valence-corrected chi connectivity index (χ3v) is 5.01. The van der Waals surface area contributed by atoms with Gasteiger partial charge in [0.15, 0.2) is 35.1 Å². The lowest BCUT2D eigenvalue weighted by Gasteiger charge is -2.24. The lowest BCUT2D eigenvalue weighted by molar-refractivity contribution is -0.0512. The standard InChI is InChI=1S/C20H19F2N5O4/c1-28-14-7-10(3-4-13(14)31-18(21)22)17-25-19(23)26-20-24-11-8-15-16(9-12(11)27(17)20)30-6-2-5-29-15/h3-4,7-9,17-18H,2,5-6H2,1H3,(H3,23,24,25,26). The maximum atomic E-state index is 12.7. The molecule has 3 heterocycles. The zero-order valence-corrected chi connectivity index (χ0v) is 16.5. The molecule has 1 atom stereocenters. The van der Waals surface area contributed by atoms with Gasteiger partial charge >= 0.3 is 6.61 Å². The molecule has 0 saturated heterocycles. The van der Waals surface area contributed by atoms with Crippen LogP contribution in [-0.4, -0.2) is 42.4 Å². The summed E-state index contributed by atoms with van der Waals surface area (Å²) in [6, 6.07) is 8.30. The summed E-state index contributed by atoms with van der Waals surface area (Å²) in [5, 5.41) is 2.96. The van der Waals surface area contributed by atoms with Crippen LogP contribution >= 0.6 is 0 Å². The Kier molecular flexibility index (Phi) is 4.64. The van der Waals surface area contributed by atoms with E-state index in [4.69, 9.17) is 19.9 Å². The van der Waals surface area contributed by atoms with E-state index >= 15 is 0 Å². The van der Waals surface area contributed by atoms with Crippen LogP contribution < -0.4 is 30.0 Å². The molecule has 2 aliphatic heterocycles. The fraction of sp³-hybridized carbons (Fsp3) is 0.300. The van der Waals surface area contributed by atoms with Crippen LogP contribution in [0.2, 0.25) is 0 Å². The molecule has 0 amide bonds. The fourth-order valence-electron chi connectivity index (χ4n) is 3.69. The van der Waals surface area contributed by atoms with Gasteiger partial charge in [-0.15, -0.1) is 0 Å². The topological polar surface area (TPSA) is 105 Å². The number of nitrogens with two attached hydrogens (primary N) is 1. The number of hydrogen-bond donors (Lipinski definition) is 2. The van der Waals surface area contributed by atoms with E-state index < -0.39 is 12.8 Å². The predicted octanol–water partition coefficient (Wildman–Crippen LogP) is 3.09. The largest absolute Gasteiger partial charge is 0.493 e. The highest BCUT2D eigenvalue weighted by Crippen LogP contribution is 2.40. The summed E-state index contributed by atoms with van der Waals surface area (Å²) >= 11 is 0. The van der Waals surface area contributed by atoms with Gasteiger partial charge in [0.25, 0.3) is 0 Å². The minimum absolute atomic E-state index is 0.0706. The van der Waals surface area contributed by atoms with Crippen molar-refractivity contribution in [2.75, 3.05) is 25.6 Å². The third kappa shape index (κ3) is 3.41. The Bertz CT molecular complexity index is 1180. The van der Waals surface area contributed by atoms with Crippen LogP contribution in [0.25, 0.3) is 11.0 Å². The maximum Gasteiger partial charge on any atom is 0.387 e. The van der Waals surface area contributed by atoms with E-state index in [2.05, 4.69) is 20.0 Å². The van der Waals surface area contributed by atoms with Crippen molar-refractivity contribution in [2.24, 2.45) is 10.7 Å². The number of benzene rings is 2. The van der Waals surface area contributed by atoms with E-state index in [0.717, 1.165) is 11.9 Å². The fourth-order valence-corrected chi connectivity index (χ4v) is 3.69. The van der Waals surface area contributed by atoms with Gasteiger partial charge in [0.2, 0.25) is 5.95 Å². The molecule has 0 fully saturated rings. The molecule has 162 valence electrons. The van der Waals surface area contributed by atoms with Gasteiger partial charge in [-0.05, 0) is 12.1 Å². The van der Waals surface area contributed by atoms with Crippen molar-refractivity contribution in [3.8, 4) is 23.0 Å². The molecule has 1 unspecified atom stereocenters. The molecule has 3 aromatic rings. The normalized spacial score (nSPS) is 17.5. The third-order valence-electron chi connectivity index (χ3n) is 5.01. The molecule has 9 nitrogen and oxygen atoms in total. The number of alkyl halides is 2. The van der Waals surface area contributed by atoms with Crippen LogP contribution in [0.5, 0.6) is 23.0 Å². The molecule has 0 aliphatic carbocycles. The van der Waals surface area contributed by atoms with E-state index in [9.17, 15) is 8.78 Å². The highest BCUT2D eigenvalue weighted by Gasteiger charge is 2.28. The van der Waals surface area contributed by atoms with Crippen molar-refractivity contribution in [3.05, 3.63) is 35.9 Å². The van der Waals surface area contributed by atoms with Gasteiger partial charge in [0.1, 0.15) is 0 Å². The van der Waals surface area contributed by atoms with E-state index in [1.807, 2.05) is 16.7 Å². The van der Waals surface area contributed by atoms with Crippen molar-refractivity contribution in [1.82, 2.24) is 9.55 Å². The average molecular weight is 431 g/mol. The van der Waals surface area contributed by atoms with Gasteiger partial charge in [-0.1, -0.05) is 6.07 Å². The Morgan fingerprint density at radius 3 is 2.68 bits per heavy atom. The second kappa shape index (κ2) is 7.49. The Hall–Kier alpha value is -3.76. The van der Waals surface area contributed by atoms with E-state index in [-0.39, 0.29) is 17.5 Å². The zero-order chi connectivity index (χ0) is 21.5. The second-order valence-electron chi connectivity index (χ2n) is 6.95. The van der Waals surface area contributed by atoms with Gasteiger partial charge in [0, 0.05) is 24.1 Å². The number of guanidine groups is 1. The van der Waals surface area contributed by atoms with Crippen LogP contribution in [0, 0.1) is 0 Å². The number of halogens is 2. The molecule has 3 N–H and O–H groups in total. The number of nitrogens with one attached hydrogen (secondary N) is 1. The molecule has 1 aromatic heterocycles. The molecular weight excluding hydrogens is 412 g/mol. The summed E-state index contributed by atoms with van der Waals surface area (Å²) in [5.74, 6) is 1.99. The monoisotopic (exact) mass is 431 g/mol. The maximum absolute atomic E-state index is 12.7. The minimum Gasteiger partial charge on any atom is -0.493 e. The molecular formula is C20H19F2N5O4. The smallest absolute Gasteiger partial charge is 0.387 e. The first-order valence-electron chi connectivity index (χ1n) is 9.58. The number of methoxy groups -OCH3 is 1. The first-order valence-corrected chi connectivity index (χ1v) is 9.58. The summed E-state index contributed by atoms with van der Waals surface area (Å²) in [6.45, 7) is -1.85. The molecule has 0 radical (unpaired) electrons. The van der Waals surface area contributed by atoms with Crippen molar-refractivity contribution >= 4 is 22.9 Å². The Morgan fingerprint density at radius 1 is 1.16 bits per heavy atom. The van der Waals surface area contributed by atoms with E-state index in [1.54, 1.807) is 12.1 Å². The molecule has 5 rings (SSSR count). The van der Waals surface area contributed by atoms with Crippen LogP contribution in [0.15, 0.2) is 35.3 Å². The lowest BCUT2D eigenvalue weighted by atomic mass is 10.1. The molecule has 0 spiro atoms. The highest BCUT2D eigenvalue weighted by molar-refractivity contribution is 5.95. The van der Waals surface area contributed by atoms with Crippen LogP contribution in [0.1, 0.15) is 18.2 Å². The number of fused-ring (bicyclic) bond motifs is 4. The summed E-state index contributed by atoms with van der Waals surface area (Å²) in [5.41, 5.74) is 8.06. The first-order chi connectivity index (χ1) is 15.0. The quantitative estimate of drug-likeness (QED) is 0.654. The summed E-state index contributed by atoms with van der Waals surface area (Å²) in [4.78, 5) is 9.12. The van der Waals surface area contributed by atoms with Gasteiger partial charge in [-0.25, -0.2) is 9.98 Å². The second-order valence-corrected chi connectivity index (χ2v) is 6.95. The number of anilines is 1. The molecule has 31 heavy (non-hydrogen) atoms. The number of hydrogen-bond acceptors (Lipinski definition) is 8. The van der Waals surface area contributed by atoms with Gasteiger partial charge < -0.3 is 24.7 Å². The van der Waals surface area contributed by atoms with Crippen LogP contribution in [0.3, 0.4) is 0 Å². The molecule has 2 aliphatic rings. The Morgan fingerprint density at radius 2 is 1.94 bits per heavy atom. The summed E-state index contributed by atoms with van der Waals surface area (Å²) < 4.78 is 48.5. The summed E-state index contributed by atoms with van der Waals surface area (Å²) in [7, 11) is 1.38. The van der Waals surface area contributed by atoms with Crippen molar-refractivity contribution in [2.45, 2.75) is 19.2 Å². The van der Waals surface area contributed by atoms with Crippen molar-refractivity contribution in [3.63, 3.8) is 0 Å². The Balaban J connectivity index is 1.63. The average Bonchev–Trinajstić information content (AvgIpc) is 2.92. The number of rotatable bonds is 4. The number of ether oxygens (including phenoxy) is 4. The number of nitrogens with zero attached hydrogens (tertiary/aromatic N) is 3. The molecule has 0 bridgehead atoms. The van der Waals surface area contributed by atoms with Crippen molar-refractivity contribution < 1.29 is 27.7 Å².